The van der Waals surface area contributed by atoms with Crippen LogP contribution in [0.3, 0.4) is 0 Å². The molecular weight excluding hydrogens is 333 g/mol. The van der Waals surface area contributed by atoms with Crippen LogP contribution in [0.4, 0.5) is 4.39 Å². The van der Waals surface area contributed by atoms with Gasteiger partial charge in [0.05, 0.1) is 6.04 Å². The van der Waals surface area contributed by atoms with E-state index in [-0.39, 0.29) is 24.2 Å². The van der Waals surface area contributed by atoms with E-state index in [2.05, 4.69) is 15.5 Å². The highest BCUT2D eigenvalue weighted by atomic mass is 19.1. The maximum Gasteiger partial charge on any atom is 0.227 e. The predicted octanol–water partition coefficient (Wildman–Crippen LogP) is 3.99. The Morgan fingerprint density at radius 3 is 2.54 bits per heavy atom. The topological polar surface area (TPSA) is 68.0 Å². The fourth-order valence-corrected chi connectivity index (χ4v) is 2.55. The first-order valence-electron chi connectivity index (χ1n) is 8.46. The van der Waals surface area contributed by atoms with Gasteiger partial charge in [0.25, 0.3) is 0 Å². The van der Waals surface area contributed by atoms with Crippen molar-refractivity contribution < 1.29 is 13.7 Å². The van der Waals surface area contributed by atoms with Crippen LogP contribution in [0.2, 0.25) is 0 Å². The first-order chi connectivity index (χ1) is 12.5. The van der Waals surface area contributed by atoms with Crippen LogP contribution in [0.15, 0.2) is 53.1 Å². The summed E-state index contributed by atoms with van der Waals surface area (Å²) in [7, 11) is 0. The van der Waals surface area contributed by atoms with Crippen molar-refractivity contribution in [1.82, 2.24) is 15.5 Å². The van der Waals surface area contributed by atoms with Crippen molar-refractivity contribution in [2.75, 3.05) is 0 Å². The minimum absolute atomic E-state index is 0.128. The molecule has 0 spiro atoms. The maximum atomic E-state index is 13.0. The number of hydrogen-bond donors (Lipinski definition) is 1. The highest BCUT2D eigenvalue weighted by molar-refractivity contribution is 5.76. The lowest BCUT2D eigenvalue weighted by molar-refractivity contribution is -0.121. The number of carbonyl (C=O) groups excluding carboxylic acids is 1. The summed E-state index contributed by atoms with van der Waals surface area (Å²) in [5.74, 6) is 0.509. The molecule has 0 aliphatic carbocycles. The molecule has 0 fully saturated rings. The van der Waals surface area contributed by atoms with Gasteiger partial charge < -0.3 is 9.84 Å². The summed E-state index contributed by atoms with van der Waals surface area (Å²) in [5, 5.41) is 6.84. The average Bonchev–Trinajstić information content (AvgIpc) is 3.10. The molecule has 1 N–H and O–H groups in total. The van der Waals surface area contributed by atoms with E-state index in [0.29, 0.717) is 18.1 Å². The van der Waals surface area contributed by atoms with Gasteiger partial charge in [-0.2, -0.15) is 4.98 Å². The van der Waals surface area contributed by atoms with E-state index in [9.17, 15) is 9.18 Å². The number of halogens is 1. The number of carbonyl (C=O) groups is 1. The molecule has 2 aromatic carbocycles. The Balaban J connectivity index is 1.53. The number of benzene rings is 2. The monoisotopic (exact) mass is 353 g/mol. The van der Waals surface area contributed by atoms with Gasteiger partial charge in [-0.1, -0.05) is 47.1 Å². The molecular formula is C20H20FN3O2. The number of amides is 1. The molecule has 1 aromatic heterocycles. The van der Waals surface area contributed by atoms with E-state index in [4.69, 9.17) is 4.52 Å². The smallest absolute Gasteiger partial charge is 0.227 e. The lowest BCUT2D eigenvalue weighted by Crippen LogP contribution is -2.26. The number of rotatable bonds is 6. The largest absolute Gasteiger partial charge is 0.350 e. The van der Waals surface area contributed by atoms with Crippen molar-refractivity contribution in [3.8, 4) is 11.4 Å². The van der Waals surface area contributed by atoms with E-state index in [1.165, 1.54) is 12.1 Å². The average molecular weight is 353 g/mol. The Labute approximate surface area is 151 Å². The van der Waals surface area contributed by atoms with Crippen LogP contribution >= 0.6 is 0 Å². The van der Waals surface area contributed by atoms with Crippen LogP contribution in [-0.2, 0) is 11.2 Å². The molecule has 6 heteroatoms. The summed E-state index contributed by atoms with van der Waals surface area (Å²) < 4.78 is 18.2. The van der Waals surface area contributed by atoms with E-state index in [1.807, 2.05) is 38.1 Å². The summed E-state index contributed by atoms with van der Waals surface area (Å²) in [5.41, 5.74) is 2.88. The third-order valence-electron chi connectivity index (χ3n) is 4.09. The molecule has 0 saturated carbocycles. The number of aromatic nitrogens is 2. The van der Waals surface area contributed by atoms with Crippen LogP contribution in [0.5, 0.6) is 0 Å². The molecule has 0 radical (unpaired) electrons. The third-order valence-corrected chi connectivity index (χ3v) is 4.09. The minimum Gasteiger partial charge on any atom is -0.350 e. The molecule has 0 aliphatic heterocycles. The van der Waals surface area contributed by atoms with Gasteiger partial charge in [-0.3, -0.25) is 4.79 Å². The van der Waals surface area contributed by atoms with Gasteiger partial charge in [0.1, 0.15) is 5.82 Å². The second-order valence-electron chi connectivity index (χ2n) is 6.22. The minimum atomic E-state index is -0.298. The molecule has 0 aliphatic rings. The van der Waals surface area contributed by atoms with Gasteiger partial charge in [0, 0.05) is 18.4 Å². The second kappa shape index (κ2) is 7.91. The number of nitrogens with one attached hydrogen (secondary N) is 1. The molecule has 1 amide bonds. The highest BCUT2D eigenvalue weighted by Gasteiger charge is 2.13. The lowest BCUT2D eigenvalue weighted by atomic mass is 10.1. The molecule has 1 heterocycles. The zero-order chi connectivity index (χ0) is 18.5. The van der Waals surface area contributed by atoms with Crippen molar-refractivity contribution in [3.05, 3.63) is 71.4 Å². The Kier molecular flexibility index (Phi) is 5.41. The molecule has 0 bridgehead atoms. The van der Waals surface area contributed by atoms with Crippen LogP contribution in [0, 0.1) is 12.7 Å². The third kappa shape index (κ3) is 4.53. The van der Waals surface area contributed by atoms with Crippen LogP contribution < -0.4 is 5.32 Å². The van der Waals surface area contributed by atoms with Crippen LogP contribution in [-0.4, -0.2) is 16.0 Å². The zero-order valence-electron chi connectivity index (χ0n) is 14.7. The predicted molar refractivity (Wildman–Crippen MR) is 95.7 cm³/mol. The SMILES string of the molecule is Cc1ccc(-c2noc(CCC(=O)N[C@@H](C)c3ccc(F)cc3)n2)cc1. The summed E-state index contributed by atoms with van der Waals surface area (Å²) in [6, 6.07) is 13.7. The maximum absolute atomic E-state index is 13.0. The Hall–Kier alpha value is -3.02. The van der Waals surface area contributed by atoms with Gasteiger partial charge in [-0.05, 0) is 31.5 Å². The van der Waals surface area contributed by atoms with E-state index in [1.54, 1.807) is 12.1 Å². The van der Waals surface area contributed by atoms with Gasteiger partial charge in [0.15, 0.2) is 0 Å². The molecule has 134 valence electrons. The molecule has 0 saturated heterocycles. The Morgan fingerprint density at radius 1 is 1.15 bits per heavy atom. The molecule has 3 aromatic rings. The summed E-state index contributed by atoms with van der Waals surface area (Å²) >= 11 is 0. The van der Waals surface area contributed by atoms with Gasteiger partial charge in [-0.15, -0.1) is 0 Å². The Morgan fingerprint density at radius 2 is 1.85 bits per heavy atom. The highest BCUT2D eigenvalue weighted by Crippen LogP contribution is 2.17. The van der Waals surface area contributed by atoms with Gasteiger partial charge in [0.2, 0.25) is 17.6 Å². The summed E-state index contributed by atoms with van der Waals surface area (Å²) in [6.07, 6.45) is 0.599. The van der Waals surface area contributed by atoms with Crippen molar-refractivity contribution >= 4 is 5.91 Å². The van der Waals surface area contributed by atoms with Crippen LogP contribution in [0.25, 0.3) is 11.4 Å². The van der Waals surface area contributed by atoms with E-state index >= 15 is 0 Å². The van der Waals surface area contributed by atoms with Crippen molar-refractivity contribution in [1.29, 1.82) is 0 Å². The lowest BCUT2D eigenvalue weighted by Gasteiger charge is -2.13. The van der Waals surface area contributed by atoms with E-state index < -0.39 is 0 Å². The quantitative estimate of drug-likeness (QED) is 0.727. The zero-order valence-corrected chi connectivity index (χ0v) is 14.7. The Bertz CT molecular complexity index is 873. The normalized spacial score (nSPS) is 12.0. The molecule has 1 atom stereocenters. The van der Waals surface area contributed by atoms with Crippen LogP contribution in [0.1, 0.15) is 36.4 Å². The standard InChI is InChI=1S/C20H20FN3O2/c1-13-3-5-16(6-4-13)20-23-19(26-24-20)12-11-18(25)22-14(2)15-7-9-17(21)10-8-15/h3-10,14H,11-12H2,1-2H3,(H,22,25)/t14-/m0/s1. The van der Waals surface area contributed by atoms with Crippen molar-refractivity contribution in [3.63, 3.8) is 0 Å². The molecule has 26 heavy (non-hydrogen) atoms. The van der Waals surface area contributed by atoms with Crippen molar-refractivity contribution in [2.24, 2.45) is 0 Å². The fraction of sp³-hybridized carbons (Fsp3) is 0.250. The van der Waals surface area contributed by atoms with Gasteiger partial charge in [-0.25, -0.2) is 4.39 Å². The van der Waals surface area contributed by atoms with E-state index in [0.717, 1.165) is 16.7 Å². The first kappa shape index (κ1) is 17.8. The molecule has 0 unspecified atom stereocenters. The number of aryl methyl sites for hydroxylation is 2. The summed E-state index contributed by atoms with van der Waals surface area (Å²) in [4.78, 5) is 16.4. The number of nitrogens with zero attached hydrogens (tertiary/aromatic N) is 2. The fourth-order valence-electron chi connectivity index (χ4n) is 2.55. The van der Waals surface area contributed by atoms with Crippen molar-refractivity contribution in [2.45, 2.75) is 32.7 Å². The number of hydrogen-bond acceptors (Lipinski definition) is 4. The molecule has 3 rings (SSSR count). The molecule has 5 nitrogen and oxygen atoms in total. The first-order valence-corrected chi connectivity index (χ1v) is 8.46. The second-order valence-corrected chi connectivity index (χ2v) is 6.22. The summed E-state index contributed by atoms with van der Waals surface area (Å²) in [6.45, 7) is 3.87. The van der Waals surface area contributed by atoms with Gasteiger partial charge >= 0.3 is 0 Å².